The third kappa shape index (κ3) is 3.20. The van der Waals surface area contributed by atoms with Crippen LogP contribution in [-0.4, -0.2) is 5.91 Å². The number of amides is 1. The van der Waals surface area contributed by atoms with E-state index in [1.807, 2.05) is 55.5 Å². The minimum absolute atomic E-state index is 0.00352. The van der Waals surface area contributed by atoms with Crippen molar-refractivity contribution in [3.05, 3.63) is 64.1 Å². The summed E-state index contributed by atoms with van der Waals surface area (Å²) in [6, 6.07) is 15.5. The molecule has 2 nitrogen and oxygen atoms in total. The Kier molecular flexibility index (Phi) is 4.15. The fourth-order valence-corrected chi connectivity index (χ4v) is 2.12. The van der Waals surface area contributed by atoms with Crippen molar-refractivity contribution in [1.29, 1.82) is 0 Å². The van der Waals surface area contributed by atoms with Crippen molar-refractivity contribution in [1.82, 2.24) is 0 Å². The largest absolute Gasteiger partial charge is 0.325 e. The maximum Gasteiger partial charge on any atom is 0.228 e. The number of carbonyl (C=O) groups excluding carboxylic acids is 1. The molecule has 0 radical (unpaired) electrons. The zero-order chi connectivity index (χ0) is 13.0. The molecule has 2 aromatic rings. The molecule has 2 aromatic carbocycles. The molecule has 0 aliphatic heterocycles. The minimum Gasteiger partial charge on any atom is -0.325 e. The number of hydrogen-bond donors (Lipinski definition) is 1. The molecule has 0 saturated carbocycles. The molecule has 1 amide bonds. The number of rotatable bonds is 3. The molecule has 0 saturated heterocycles. The molecule has 0 bridgehead atoms. The SMILES string of the molecule is Cc1ccccc1CC(=O)Nc1ccccc1Br. The van der Waals surface area contributed by atoms with Gasteiger partial charge in [0.15, 0.2) is 0 Å². The van der Waals surface area contributed by atoms with E-state index in [1.165, 1.54) is 0 Å². The van der Waals surface area contributed by atoms with Gasteiger partial charge in [0.25, 0.3) is 0 Å². The lowest BCUT2D eigenvalue weighted by Crippen LogP contribution is -2.15. The normalized spacial score (nSPS) is 10.1. The average molecular weight is 304 g/mol. The lowest BCUT2D eigenvalue weighted by Gasteiger charge is -2.08. The van der Waals surface area contributed by atoms with E-state index >= 15 is 0 Å². The predicted molar refractivity (Wildman–Crippen MR) is 77.7 cm³/mol. The van der Waals surface area contributed by atoms with Crippen LogP contribution in [0.4, 0.5) is 5.69 Å². The first kappa shape index (κ1) is 12.8. The number of aryl methyl sites for hydroxylation is 1. The van der Waals surface area contributed by atoms with Crippen LogP contribution in [0, 0.1) is 6.92 Å². The van der Waals surface area contributed by atoms with Crippen LogP contribution in [0.25, 0.3) is 0 Å². The molecule has 0 aromatic heterocycles. The Hall–Kier alpha value is -1.61. The van der Waals surface area contributed by atoms with Gasteiger partial charge in [0, 0.05) is 4.47 Å². The topological polar surface area (TPSA) is 29.1 Å². The summed E-state index contributed by atoms with van der Waals surface area (Å²) in [6.45, 7) is 2.01. The quantitative estimate of drug-likeness (QED) is 0.914. The van der Waals surface area contributed by atoms with Gasteiger partial charge >= 0.3 is 0 Å². The predicted octanol–water partition coefficient (Wildman–Crippen LogP) is 3.94. The Balaban J connectivity index is 2.06. The summed E-state index contributed by atoms with van der Waals surface area (Å²) >= 11 is 3.41. The van der Waals surface area contributed by atoms with E-state index in [-0.39, 0.29) is 5.91 Å². The van der Waals surface area contributed by atoms with Crippen LogP contribution in [0.15, 0.2) is 53.0 Å². The molecule has 0 fully saturated rings. The molecule has 18 heavy (non-hydrogen) atoms. The van der Waals surface area contributed by atoms with Crippen LogP contribution in [-0.2, 0) is 11.2 Å². The Bertz CT molecular complexity index is 516. The first-order valence-corrected chi connectivity index (χ1v) is 6.55. The molecule has 0 aliphatic rings. The van der Waals surface area contributed by atoms with Crippen LogP contribution in [0.2, 0.25) is 0 Å². The van der Waals surface area contributed by atoms with E-state index < -0.39 is 0 Å². The van der Waals surface area contributed by atoms with Crippen LogP contribution >= 0.6 is 15.9 Å². The van der Waals surface area contributed by atoms with Gasteiger partial charge in [-0.3, -0.25) is 4.79 Å². The van der Waals surface area contributed by atoms with Crippen molar-refractivity contribution in [2.75, 3.05) is 5.32 Å². The zero-order valence-electron chi connectivity index (χ0n) is 10.1. The highest BCUT2D eigenvalue weighted by molar-refractivity contribution is 9.10. The number of anilines is 1. The van der Waals surface area contributed by atoms with E-state index in [9.17, 15) is 4.79 Å². The molecule has 0 unspecified atom stereocenters. The van der Waals surface area contributed by atoms with E-state index in [0.717, 1.165) is 21.3 Å². The van der Waals surface area contributed by atoms with E-state index in [2.05, 4.69) is 21.2 Å². The van der Waals surface area contributed by atoms with Gasteiger partial charge in [-0.1, -0.05) is 36.4 Å². The maximum absolute atomic E-state index is 12.0. The van der Waals surface area contributed by atoms with E-state index in [1.54, 1.807) is 0 Å². The summed E-state index contributed by atoms with van der Waals surface area (Å²) in [6.07, 6.45) is 0.397. The van der Waals surface area contributed by atoms with Gasteiger partial charge < -0.3 is 5.32 Å². The fourth-order valence-electron chi connectivity index (χ4n) is 1.74. The first-order valence-electron chi connectivity index (χ1n) is 5.75. The summed E-state index contributed by atoms with van der Waals surface area (Å²) in [5.41, 5.74) is 3.00. The Morgan fingerprint density at radius 1 is 1.11 bits per heavy atom. The van der Waals surface area contributed by atoms with Gasteiger partial charge in [-0.05, 0) is 46.1 Å². The highest BCUT2D eigenvalue weighted by Gasteiger charge is 2.07. The molecule has 92 valence electrons. The average Bonchev–Trinajstić information content (AvgIpc) is 2.35. The van der Waals surface area contributed by atoms with Crippen LogP contribution < -0.4 is 5.32 Å². The molecule has 1 N–H and O–H groups in total. The number of nitrogens with one attached hydrogen (secondary N) is 1. The highest BCUT2D eigenvalue weighted by Crippen LogP contribution is 2.21. The van der Waals surface area contributed by atoms with Crippen LogP contribution in [0.1, 0.15) is 11.1 Å². The number of carbonyl (C=O) groups is 1. The van der Waals surface area contributed by atoms with E-state index in [4.69, 9.17) is 0 Å². The number of hydrogen-bond acceptors (Lipinski definition) is 1. The lowest BCUT2D eigenvalue weighted by atomic mass is 10.1. The molecular weight excluding hydrogens is 290 g/mol. The second-order valence-corrected chi connectivity index (χ2v) is 4.99. The Labute approximate surface area is 115 Å². The molecule has 0 spiro atoms. The molecule has 3 heteroatoms. The van der Waals surface area contributed by atoms with Crippen molar-refractivity contribution in [3.8, 4) is 0 Å². The van der Waals surface area contributed by atoms with Crippen LogP contribution in [0.3, 0.4) is 0 Å². The standard InChI is InChI=1S/C15H14BrNO/c1-11-6-2-3-7-12(11)10-15(18)17-14-9-5-4-8-13(14)16/h2-9H,10H2,1H3,(H,17,18). The number of benzene rings is 2. The molecule has 0 atom stereocenters. The summed E-state index contributed by atoms with van der Waals surface area (Å²) in [5, 5.41) is 2.90. The molecular formula is C15H14BrNO. The number of para-hydroxylation sites is 1. The fraction of sp³-hybridized carbons (Fsp3) is 0.133. The van der Waals surface area contributed by atoms with Crippen LogP contribution in [0.5, 0.6) is 0 Å². The third-order valence-electron chi connectivity index (χ3n) is 2.76. The highest BCUT2D eigenvalue weighted by atomic mass is 79.9. The van der Waals surface area contributed by atoms with E-state index in [0.29, 0.717) is 6.42 Å². The van der Waals surface area contributed by atoms with Gasteiger partial charge in [-0.25, -0.2) is 0 Å². The Morgan fingerprint density at radius 3 is 2.50 bits per heavy atom. The van der Waals surface area contributed by atoms with Gasteiger partial charge in [0.05, 0.1) is 12.1 Å². The maximum atomic E-state index is 12.0. The summed E-state index contributed by atoms with van der Waals surface area (Å²) < 4.78 is 0.892. The van der Waals surface area contributed by atoms with Crippen molar-refractivity contribution in [2.24, 2.45) is 0 Å². The van der Waals surface area contributed by atoms with Crippen molar-refractivity contribution < 1.29 is 4.79 Å². The van der Waals surface area contributed by atoms with Gasteiger partial charge in [-0.15, -0.1) is 0 Å². The third-order valence-corrected chi connectivity index (χ3v) is 3.45. The smallest absolute Gasteiger partial charge is 0.228 e. The first-order chi connectivity index (χ1) is 8.66. The monoisotopic (exact) mass is 303 g/mol. The summed E-state index contributed by atoms with van der Waals surface area (Å²) in [4.78, 5) is 12.0. The lowest BCUT2D eigenvalue weighted by molar-refractivity contribution is -0.115. The van der Waals surface area contributed by atoms with Gasteiger partial charge in [0.2, 0.25) is 5.91 Å². The minimum atomic E-state index is -0.00352. The molecule has 0 heterocycles. The zero-order valence-corrected chi connectivity index (χ0v) is 11.7. The molecule has 0 aliphatic carbocycles. The summed E-state index contributed by atoms with van der Waals surface area (Å²) in [7, 11) is 0. The van der Waals surface area contributed by atoms with Crippen molar-refractivity contribution in [2.45, 2.75) is 13.3 Å². The summed E-state index contributed by atoms with van der Waals surface area (Å²) in [5.74, 6) is -0.00352. The van der Waals surface area contributed by atoms with Gasteiger partial charge in [0.1, 0.15) is 0 Å². The number of halogens is 1. The van der Waals surface area contributed by atoms with Crippen molar-refractivity contribution >= 4 is 27.5 Å². The second kappa shape index (κ2) is 5.83. The second-order valence-electron chi connectivity index (χ2n) is 4.13. The van der Waals surface area contributed by atoms with Crippen molar-refractivity contribution in [3.63, 3.8) is 0 Å². The molecule has 2 rings (SSSR count). The Morgan fingerprint density at radius 2 is 1.78 bits per heavy atom. The van der Waals surface area contributed by atoms with Gasteiger partial charge in [-0.2, -0.15) is 0 Å².